The van der Waals surface area contributed by atoms with E-state index in [9.17, 15) is 10.5 Å². The van der Waals surface area contributed by atoms with Crippen LogP contribution in [0.2, 0.25) is 0 Å². The number of nitrogens with zero attached hydrogens (tertiary/aromatic N) is 4. The second kappa shape index (κ2) is 8.71. The predicted octanol–water partition coefficient (Wildman–Crippen LogP) is 4.64. The van der Waals surface area contributed by atoms with Crippen molar-refractivity contribution in [3.05, 3.63) is 84.1 Å². The van der Waals surface area contributed by atoms with Crippen LogP contribution < -0.4 is 10.7 Å². The summed E-state index contributed by atoms with van der Waals surface area (Å²) in [7, 11) is 0. The first-order valence-electron chi connectivity index (χ1n) is 9.22. The van der Waals surface area contributed by atoms with Crippen molar-refractivity contribution in [1.29, 1.82) is 10.5 Å². The van der Waals surface area contributed by atoms with Gasteiger partial charge in [0.15, 0.2) is 5.09 Å². The third-order valence-corrected chi connectivity index (χ3v) is 5.47. The zero-order valence-electron chi connectivity index (χ0n) is 15.8. The summed E-state index contributed by atoms with van der Waals surface area (Å²) in [5.41, 5.74) is 7.61. The molecule has 0 aliphatic carbocycles. The van der Waals surface area contributed by atoms with Gasteiger partial charge in [0.05, 0.1) is 23.0 Å². The predicted molar refractivity (Wildman–Crippen MR) is 116 cm³/mol. The molecule has 3 aromatic rings. The maximum atomic E-state index is 9.73. The third kappa shape index (κ3) is 3.99. The molecular formula is C23H17N5OS. The zero-order chi connectivity index (χ0) is 20.9. The third-order valence-electron chi connectivity index (χ3n) is 4.54. The molecule has 6 nitrogen and oxygen atoms in total. The summed E-state index contributed by atoms with van der Waals surface area (Å²) >= 11 is 1.49. The second-order valence-corrected chi connectivity index (χ2v) is 7.58. The van der Waals surface area contributed by atoms with Crippen LogP contribution in [0, 0.1) is 28.6 Å². The summed E-state index contributed by atoms with van der Waals surface area (Å²) in [4.78, 5) is 1.05. The van der Waals surface area contributed by atoms with Gasteiger partial charge in [-0.3, -0.25) is 0 Å². The van der Waals surface area contributed by atoms with E-state index in [1.807, 2.05) is 66.7 Å². The minimum absolute atomic E-state index is 0.251. The van der Waals surface area contributed by atoms with Crippen LogP contribution in [0.3, 0.4) is 0 Å². The first-order chi connectivity index (χ1) is 14.7. The van der Waals surface area contributed by atoms with Gasteiger partial charge in [-0.2, -0.15) is 15.6 Å². The average Bonchev–Trinajstić information content (AvgIpc) is 3.36. The molecule has 0 saturated heterocycles. The maximum Gasteiger partial charge on any atom is 0.165 e. The molecule has 1 aliphatic heterocycles. The normalized spacial score (nSPS) is 18.6. The number of hydrazone groups is 1. The first kappa shape index (κ1) is 19.5. The van der Waals surface area contributed by atoms with Crippen molar-refractivity contribution >= 4 is 29.2 Å². The monoisotopic (exact) mass is 411 g/mol. The Bertz CT molecular complexity index is 1170. The van der Waals surface area contributed by atoms with Gasteiger partial charge in [-0.1, -0.05) is 48.2 Å². The van der Waals surface area contributed by atoms with E-state index < -0.39 is 12.1 Å². The molecule has 7 heteroatoms. The highest BCUT2D eigenvalue weighted by Crippen LogP contribution is 2.31. The van der Waals surface area contributed by atoms with Crippen LogP contribution >= 0.6 is 11.8 Å². The summed E-state index contributed by atoms with van der Waals surface area (Å²) in [5.74, 6) is -0.222. The van der Waals surface area contributed by atoms with Crippen LogP contribution in [-0.2, 0) is 0 Å². The number of hydrogen-bond donors (Lipinski definition) is 1. The van der Waals surface area contributed by atoms with E-state index >= 15 is 0 Å². The lowest BCUT2D eigenvalue weighted by atomic mass is 9.96. The summed E-state index contributed by atoms with van der Waals surface area (Å²) in [6.45, 7) is 0. The molecule has 0 fully saturated rings. The van der Waals surface area contributed by atoms with Crippen LogP contribution in [0.1, 0.15) is 5.76 Å². The van der Waals surface area contributed by atoms with Crippen molar-refractivity contribution in [1.82, 2.24) is 0 Å². The molecule has 2 heterocycles. The Labute approximate surface area is 178 Å². The molecule has 0 spiro atoms. The van der Waals surface area contributed by atoms with Gasteiger partial charge < -0.3 is 10.2 Å². The van der Waals surface area contributed by atoms with E-state index in [4.69, 9.17) is 10.2 Å². The van der Waals surface area contributed by atoms with Gasteiger partial charge in [0, 0.05) is 11.0 Å². The van der Waals surface area contributed by atoms with Gasteiger partial charge in [0.2, 0.25) is 0 Å². The fraction of sp³-hybridized carbons (Fsp3) is 0.0870. The van der Waals surface area contributed by atoms with Crippen LogP contribution in [0.15, 0.2) is 97.9 Å². The Morgan fingerprint density at radius 2 is 1.73 bits per heavy atom. The van der Waals surface area contributed by atoms with Gasteiger partial charge in [0.25, 0.3) is 0 Å². The molecule has 2 atom stereocenters. The smallest absolute Gasteiger partial charge is 0.165 e. The zero-order valence-corrected chi connectivity index (χ0v) is 16.7. The van der Waals surface area contributed by atoms with Crippen LogP contribution in [0.5, 0.6) is 0 Å². The first-order valence-corrected chi connectivity index (χ1v) is 10.0. The number of benzene rings is 2. The van der Waals surface area contributed by atoms with Crippen LogP contribution in [0.25, 0.3) is 6.08 Å². The number of nitriles is 2. The van der Waals surface area contributed by atoms with Crippen molar-refractivity contribution in [2.45, 2.75) is 16.2 Å². The van der Waals surface area contributed by atoms with Crippen LogP contribution in [0.4, 0.5) is 5.69 Å². The van der Waals surface area contributed by atoms with Gasteiger partial charge in [0.1, 0.15) is 23.9 Å². The van der Waals surface area contributed by atoms with E-state index in [2.05, 4.69) is 17.2 Å². The minimum Gasteiger partial charge on any atom is -0.450 e. The summed E-state index contributed by atoms with van der Waals surface area (Å²) < 4.78 is 5.84. The number of allylic oxidation sites excluding steroid dienone is 1. The lowest BCUT2D eigenvalue weighted by Crippen LogP contribution is -2.40. The lowest BCUT2D eigenvalue weighted by Gasteiger charge is -2.21. The molecule has 2 N–H and O–H groups in total. The summed E-state index contributed by atoms with van der Waals surface area (Å²) in [6, 6.07) is 27.2. The number of anilines is 1. The van der Waals surface area contributed by atoms with Crippen molar-refractivity contribution in [2.75, 3.05) is 5.01 Å². The average molecular weight is 411 g/mol. The van der Waals surface area contributed by atoms with Crippen LogP contribution in [-0.4, -0.2) is 11.9 Å². The molecule has 146 valence electrons. The van der Waals surface area contributed by atoms with E-state index in [0.717, 1.165) is 10.6 Å². The van der Waals surface area contributed by atoms with E-state index in [-0.39, 0.29) is 5.57 Å². The molecule has 2 aromatic carbocycles. The summed E-state index contributed by atoms with van der Waals surface area (Å²) in [5, 5.41) is 26.2. The van der Waals surface area contributed by atoms with Gasteiger partial charge in [-0.25, -0.2) is 5.01 Å². The summed E-state index contributed by atoms with van der Waals surface area (Å²) in [6.07, 6.45) is 0.921. The molecule has 30 heavy (non-hydrogen) atoms. The molecule has 1 aromatic heterocycles. The highest BCUT2D eigenvalue weighted by atomic mass is 32.2. The number of para-hydroxylation sites is 1. The van der Waals surface area contributed by atoms with Gasteiger partial charge in [-0.15, -0.1) is 0 Å². The Hall–Kier alpha value is -3.78. The SMILES string of the molecule is N#C/C(=C/c1ccc(Sc2ccccc2)o1)C1=NN(c2ccccc2)[C@@H](N)[C@@H]1C#N. The molecule has 0 saturated carbocycles. The Balaban J connectivity index is 1.62. The molecule has 1 aliphatic rings. The molecule has 4 rings (SSSR count). The largest absolute Gasteiger partial charge is 0.450 e. The highest BCUT2D eigenvalue weighted by Gasteiger charge is 2.37. The quantitative estimate of drug-likeness (QED) is 0.614. The highest BCUT2D eigenvalue weighted by molar-refractivity contribution is 7.99. The number of furan rings is 1. The van der Waals surface area contributed by atoms with E-state index in [1.165, 1.54) is 11.8 Å². The Morgan fingerprint density at radius 1 is 1.03 bits per heavy atom. The maximum absolute atomic E-state index is 9.73. The molecule has 0 unspecified atom stereocenters. The van der Waals surface area contributed by atoms with Gasteiger partial charge >= 0.3 is 0 Å². The Kier molecular flexibility index (Phi) is 5.67. The van der Waals surface area contributed by atoms with E-state index in [1.54, 1.807) is 17.2 Å². The number of rotatable bonds is 5. The standard InChI is InChI=1S/C23H17N5OS/c24-14-16(13-18-11-12-21(29-18)30-19-9-5-2-6-10-19)22-20(15-25)23(26)28(27-22)17-7-3-1-4-8-17/h1-13,20,23H,26H2/b16-13-/t20-,23-/m1/s1. The minimum atomic E-state index is -0.732. The second-order valence-electron chi connectivity index (χ2n) is 6.50. The van der Waals surface area contributed by atoms with Crippen molar-refractivity contribution in [2.24, 2.45) is 16.8 Å². The van der Waals surface area contributed by atoms with Crippen molar-refractivity contribution in [3.8, 4) is 12.1 Å². The molecule has 0 bridgehead atoms. The topological polar surface area (TPSA) is 102 Å². The molecule has 0 radical (unpaired) electrons. The van der Waals surface area contributed by atoms with Crippen molar-refractivity contribution < 1.29 is 4.42 Å². The van der Waals surface area contributed by atoms with Gasteiger partial charge in [-0.05, 0) is 36.4 Å². The van der Waals surface area contributed by atoms with Crippen molar-refractivity contribution in [3.63, 3.8) is 0 Å². The fourth-order valence-corrected chi connectivity index (χ4v) is 3.89. The number of hydrogen-bond acceptors (Lipinski definition) is 7. The Morgan fingerprint density at radius 3 is 2.40 bits per heavy atom. The molecule has 0 amide bonds. The fourth-order valence-electron chi connectivity index (χ4n) is 3.09. The van der Waals surface area contributed by atoms with E-state index in [0.29, 0.717) is 16.6 Å². The number of nitrogens with two attached hydrogens (primary N) is 1. The molecular weight excluding hydrogens is 394 g/mol. The lowest BCUT2D eigenvalue weighted by molar-refractivity contribution is 0.466.